The quantitative estimate of drug-likeness (QED) is 0.530. The number of benzene rings is 3. The lowest BCUT2D eigenvalue weighted by atomic mass is 10.1. The van der Waals surface area contributed by atoms with E-state index in [0.717, 1.165) is 29.3 Å². The Morgan fingerprint density at radius 2 is 1.27 bits per heavy atom. The van der Waals surface area contributed by atoms with E-state index in [1.807, 2.05) is 60.7 Å². The SMILES string of the molecule is C[C@H](OC(=O)c1c(F)cccc1F)C(=O)N(Cc1ccccc1)Cc1ccccc1. The summed E-state index contributed by atoms with van der Waals surface area (Å²) in [6, 6.07) is 21.8. The lowest BCUT2D eigenvalue weighted by molar-refractivity contribution is -0.141. The maximum Gasteiger partial charge on any atom is 0.344 e. The van der Waals surface area contributed by atoms with E-state index in [0.29, 0.717) is 13.1 Å². The molecule has 30 heavy (non-hydrogen) atoms. The smallest absolute Gasteiger partial charge is 0.344 e. The molecule has 0 aromatic heterocycles. The second-order valence-electron chi connectivity index (χ2n) is 6.81. The van der Waals surface area contributed by atoms with Gasteiger partial charge in [0.2, 0.25) is 0 Å². The Balaban J connectivity index is 1.78. The van der Waals surface area contributed by atoms with Crippen molar-refractivity contribution in [3.63, 3.8) is 0 Å². The van der Waals surface area contributed by atoms with Crippen molar-refractivity contribution in [3.05, 3.63) is 107 Å². The van der Waals surface area contributed by atoms with Crippen LogP contribution in [0.3, 0.4) is 0 Å². The van der Waals surface area contributed by atoms with Gasteiger partial charge in [0.05, 0.1) is 0 Å². The monoisotopic (exact) mass is 409 g/mol. The van der Waals surface area contributed by atoms with Crippen LogP contribution in [-0.4, -0.2) is 22.9 Å². The number of rotatable bonds is 7. The maximum absolute atomic E-state index is 13.8. The van der Waals surface area contributed by atoms with Crippen LogP contribution >= 0.6 is 0 Å². The number of nitrogens with zero attached hydrogens (tertiary/aromatic N) is 1. The van der Waals surface area contributed by atoms with Crippen LogP contribution in [0.2, 0.25) is 0 Å². The Kier molecular flexibility index (Phi) is 6.91. The minimum absolute atomic E-state index is 0.296. The van der Waals surface area contributed by atoms with Crippen LogP contribution < -0.4 is 0 Å². The normalized spacial score (nSPS) is 11.6. The first-order valence-corrected chi connectivity index (χ1v) is 9.47. The first kappa shape index (κ1) is 21.2. The Morgan fingerprint density at radius 1 is 0.800 bits per heavy atom. The highest BCUT2D eigenvalue weighted by atomic mass is 19.1. The largest absolute Gasteiger partial charge is 0.449 e. The van der Waals surface area contributed by atoms with Crippen LogP contribution in [0.4, 0.5) is 8.78 Å². The highest BCUT2D eigenvalue weighted by Crippen LogP contribution is 2.17. The molecule has 0 unspecified atom stereocenters. The molecule has 0 heterocycles. The number of hydrogen-bond donors (Lipinski definition) is 0. The third kappa shape index (κ3) is 5.29. The Bertz CT molecular complexity index is 948. The first-order valence-electron chi connectivity index (χ1n) is 9.47. The molecule has 6 heteroatoms. The molecule has 4 nitrogen and oxygen atoms in total. The average molecular weight is 409 g/mol. The zero-order chi connectivity index (χ0) is 21.5. The molecule has 3 aromatic rings. The van der Waals surface area contributed by atoms with Crippen molar-refractivity contribution in [1.29, 1.82) is 0 Å². The Hall–Kier alpha value is -3.54. The van der Waals surface area contributed by atoms with Gasteiger partial charge in [0.15, 0.2) is 6.10 Å². The van der Waals surface area contributed by atoms with Gasteiger partial charge in [0.25, 0.3) is 5.91 Å². The second-order valence-corrected chi connectivity index (χ2v) is 6.81. The molecule has 3 aromatic carbocycles. The maximum atomic E-state index is 13.8. The zero-order valence-electron chi connectivity index (χ0n) is 16.4. The van der Waals surface area contributed by atoms with Crippen molar-refractivity contribution in [2.75, 3.05) is 0 Å². The Labute approximate surface area is 173 Å². The summed E-state index contributed by atoms with van der Waals surface area (Å²) in [5, 5.41) is 0. The summed E-state index contributed by atoms with van der Waals surface area (Å²) < 4.78 is 32.8. The molecule has 0 saturated carbocycles. The topological polar surface area (TPSA) is 46.6 Å². The van der Waals surface area contributed by atoms with E-state index >= 15 is 0 Å². The van der Waals surface area contributed by atoms with Crippen LogP contribution in [0.1, 0.15) is 28.4 Å². The fourth-order valence-electron chi connectivity index (χ4n) is 3.04. The molecule has 0 N–H and O–H groups in total. The molecule has 0 fully saturated rings. The molecule has 0 bridgehead atoms. The molecule has 0 aliphatic heterocycles. The van der Waals surface area contributed by atoms with Gasteiger partial charge >= 0.3 is 5.97 Å². The summed E-state index contributed by atoms with van der Waals surface area (Å²) in [4.78, 5) is 26.9. The summed E-state index contributed by atoms with van der Waals surface area (Å²) in [5.74, 6) is -3.76. The van der Waals surface area contributed by atoms with Crippen LogP contribution in [0, 0.1) is 11.6 Å². The van der Waals surface area contributed by atoms with E-state index in [1.54, 1.807) is 4.90 Å². The molecule has 0 aliphatic carbocycles. The van der Waals surface area contributed by atoms with Gasteiger partial charge in [-0.3, -0.25) is 4.79 Å². The van der Waals surface area contributed by atoms with E-state index in [-0.39, 0.29) is 0 Å². The number of halogens is 2. The van der Waals surface area contributed by atoms with Gasteiger partial charge in [-0.25, -0.2) is 13.6 Å². The molecule has 3 rings (SSSR count). The predicted molar refractivity (Wildman–Crippen MR) is 108 cm³/mol. The molecule has 0 aliphatic rings. The van der Waals surface area contributed by atoms with Crippen LogP contribution in [0.25, 0.3) is 0 Å². The van der Waals surface area contributed by atoms with Crippen molar-refractivity contribution in [3.8, 4) is 0 Å². The van der Waals surface area contributed by atoms with E-state index in [4.69, 9.17) is 4.74 Å². The fourth-order valence-corrected chi connectivity index (χ4v) is 3.04. The van der Waals surface area contributed by atoms with Gasteiger partial charge in [-0.05, 0) is 30.2 Å². The van der Waals surface area contributed by atoms with Crippen molar-refractivity contribution in [2.24, 2.45) is 0 Å². The van der Waals surface area contributed by atoms with Gasteiger partial charge in [0.1, 0.15) is 17.2 Å². The van der Waals surface area contributed by atoms with Crippen molar-refractivity contribution in [2.45, 2.75) is 26.1 Å². The van der Waals surface area contributed by atoms with Crippen molar-refractivity contribution < 1.29 is 23.1 Å². The van der Waals surface area contributed by atoms with E-state index in [2.05, 4.69) is 0 Å². The Morgan fingerprint density at radius 3 is 1.73 bits per heavy atom. The highest BCUT2D eigenvalue weighted by molar-refractivity contribution is 5.92. The van der Waals surface area contributed by atoms with Crippen molar-refractivity contribution in [1.82, 2.24) is 4.90 Å². The number of ether oxygens (including phenoxy) is 1. The first-order chi connectivity index (χ1) is 14.5. The number of carbonyl (C=O) groups excluding carboxylic acids is 2. The second kappa shape index (κ2) is 9.78. The van der Waals surface area contributed by atoms with Crippen LogP contribution in [-0.2, 0) is 22.6 Å². The lowest BCUT2D eigenvalue weighted by Crippen LogP contribution is -2.39. The number of hydrogen-bond acceptors (Lipinski definition) is 3. The van der Waals surface area contributed by atoms with Gasteiger partial charge in [-0.15, -0.1) is 0 Å². The van der Waals surface area contributed by atoms with Crippen LogP contribution in [0.5, 0.6) is 0 Å². The molecular formula is C24H21F2NO3. The molecule has 1 atom stereocenters. The number of amides is 1. The molecule has 0 spiro atoms. The fraction of sp³-hybridized carbons (Fsp3) is 0.167. The van der Waals surface area contributed by atoms with E-state index < -0.39 is 35.2 Å². The molecule has 0 radical (unpaired) electrons. The predicted octanol–water partition coefficient (Wildman–Crippen LogP) is 4.74. The molecular weight excluding hydrogens is 388 g/mol. The van der Waals surface area contributed by atoms with Crippen LogP contribution in [0.15, 0.2) is 78.9 Å². The minimum atomic E-state index is -1.22. The minimum Gasteiger partial charge on any atom is -0.449 e. The summed E-state index contributed by atoms with van der Waals surface area (Å²) in [7, 11) is 0. The third-order valence-corrected chi connectivity index (χ3v) is 4.54. The number of esters is 1. The van der Waals surface area contributed by atoms with Gasteiger partial charge < -0.3 is 9.64 Å². The standard InChI is InChI=1S/C24H21F2NO3/c1-17(30-24(29)22-20(25)13-8-14-21(22)26)23(28)27(15-18-9-4-2-5-10-18)16-19-11-6-3-7-12-19/h2-14,17H,15-16H2,1H3/t17-/m0/s1. The summed E-state index contributed by atoms with van der Waals surface area (Å²) >= 11 is 0. The lowest BCUT2D eigenvalue weighted by Gasteiger charge is -2.26. The van der Waals surface area contributed by atoms with Crippen molar-refractivity contribution >= 4 is 11.9 Å². The van der Waals surface area contributed by atoms with E-state index in [1.165, 1.54) is 6.92 Å². The highest BCUT2D eigenvalue weighted by Gasteiger charge is 2.27. The number of carbonyl (C=O) groups is 2. The van der Waals surface area contributed by atoms with Gasteiger partial charge in [0, 0.05) is 13.1 Å². The average Bonchev–Trinajstić information content (AvgIpc) is 2.74. The molecule has 0 saturated heterocycles. The molecule has 1 amide bonds. The molecule has 154 valence electrons. The van der Waals surface area contributed by atoms with Gasteiger partial charge in [-0.1, -0.05) is 66.7 Å². The zero-order valence-corrected chi connectivity index (χ0v) is 16.4. The summed E-state index contributed by atoms with van der Waals surface area (Å²) in [6.45, 7) is 1.98. The third-order valence-electron chi connectivity index (χ3n) is 4.54. The van der Waals surface area contributed by atoms with E-state index in [9.17, 15) is 18.4 Å². The summed E-state index contributed by atoms with van der Waals surface area (Å²) in [6.07, 6.45) is -1.22. The summed E-state index contributed by atoms with van der Waals surface area (Å²) in [5.41, 5.74) is 0.996. The van der Waals surface area contributed by atoms with Gasteiger partial charge in [-0.2, -0.15) is 0 Å².